The number of fused-ring (bicyclic) bond motifs is 2. The zero-order valence-corrected chi connectivity index (χ0v) is 21.2. The number of benzene rings is 2. The maximum Gasteiger partial charge on any atom is 0.573 e. The number of alkyl halides is 3. The quantitative estimate of drug-likeness (QED) is 0.345. The molecule has 2 amide bonds. The number of halogens is 3. The maximum absolute atomic E-state index is 13.7. The monoisotopic (exact) mass is 524 g/mol. The third-order valence-corrected chi connectivity index (χ3v) is 6.64. The van der Waals surface area contributed by atoms with E-state index in [1.165, 1.54) is 18.2 Å². The molecular weight excluding hydrogens is 497 g/mol. The van der Waals surface area contributed by atoms with E-state index in [1.54, 1.807) is 27.9 Å². The first-order valence-corrected chi connectivity index (χ1v) is 12.3. The molecular formula is C27H27F3N6O2. The summed E-state index contributed by atoms with van der Waals surface area (Å²) in [6, 6.07) is 14.3. The zero-order valence-electron chi connectivity index (χ0n) is 21.2. The maximum atomic E-state index is 13.7. The van der Waals surface area contributed by atoms with Gasteiger partial charge in [0.25, 0.3) is 0 Å². The molecule has 1 N–H and O–H groups in total. The fraction of sp³-hybridized carbons (Fsp3) is 0.296. The molecule has 5 rings (SSSR count). The third kappa shape index (κ3) is 5.09. The van der Waals surface area contributed by atoms with E-state index in [-0.39, 0.29) is 17.8 Å². The van der Waals surface area contributed by atoms with Crippen LogP contribution in [0.15, 0.2) is 60.8 Å². The Morgan fingerprint density at radius 3 is 2.74 bits per heavy atom. The molecule has 8 nitrogen and oxygen atoms in total. The van der Waals surface area contributed by atoms with E-state index in [0.29, 0.717) is 35.7 Å². The van der Waals surface area contributed by atoms with Gasteiger partial charge in [0, 0.05) is 42.8 Å². The van der Waals surface area contributed by atoms with Crippen LogP contribution < -0.4 is 19.9 Å². The van der Waals surface area contributed by atoms with Crippen molar-refractivity contribution in [2.45, 2.75) is 32.7 Å². The number of aromatic nitrogens is 3. The fourth-order valence-electron chi connectivity index (χ4n) is 4.73. The van der Waals surface area contributed by atoms with Crippen molar-refractivity contribution in [3.63, 3.8) is 0 Å². The fourth-order valence-corrected chi connectivity index (χ4v) is 4.73. The van der Waals surface area contributed by atoms with Crippen LogP contribution in [0.5, 0.6) is 5.75 Å². The number of aryl methyl sites for hydroxylation is 1. The first-order valence-electron chi connectivity index (χ1n) is 12.3. The van der Waals surface area contributed by atoms with Gasteiger partial charge in [-0.3, -0.25) is 9.58 Å². The summed E-state index contributed by atoms with van der Waals surface area (Å²) in [7, 11) is 1.85. The molecule has 4 aromatic rings. The molecule has 0 fully saturated rings. The van der Waals surface area contributed by atoms with Gasteiger partial charge in [-0.2, -0.15) is 5.10 Å². The summed E-state index contributed by atoms with van der Waals surface area (Å²) in [6.07, 6.45) is -2.35. The number of amides is 2. The summed E-state index contributed by atoms with van der Waals surface area (Å²) < 4.78 is 44.2. The Morgan fingerprint density at radius 1 is 1.16 bits per heavy atom. The van der Waals surface area contributed by atoms with Gasteiger partial charge in [-0.15, -0.1) is 13.2 Å². The molecule has 11 heteroatoms. The van der Waals surface area contributed by atoms with E-state index in [0.717, 1.165) is 23.1 Å². The number of carbonyl (C=O) groups excluding carboxylic acids is 1. The molecule has 0 saturated heterocycles. The summed E-state index contributed by atoms with van der Waals surface area (Å²) in [5, 5.41) is 8.13. The largest absolute Gasteiger partial charge is 0.573 e. The summed E-state index contributed by atoms with van der Waals surface area (Å²) in [4.78, 5) is 22.2. The van der Waals surface area contributed by atoms with E-state index < -0.39 is 6.36 Å². The minimum Gasteiger partial charge on any atom is -0.406 e. The van der Waals surface area contributed by atoms with Crippen LogP contribution in [0.1, 0.15) is 20.3 Å². The molecule has 2 aromatic carbocycles. The van der Waals surface area contributed by atoms with Gasteiger partial charge in [-0.25, -0.2) is 9.78 Å². The smallest absolute Gasteiger partial charge is 0.406 e. The Kier molecular flexibility index (Phi) is 6.60. The number of hydrogen-bond donors (Lipinski definition) is 1. The molecule has 0 spiro atoms. The number of ether oxygens (including phenoxy) is 1. The molecule has 3 heterocycles. The highest BCUT2D eigenvalue weighted by Crippen LogP contribution is 2.36. The topological polar surface area (TPSA) is 75.5 Å². The normalized spacial score (nSPS) is 15.8. The summed E-state index contributed by atoms with van der Waals surface area (Å²) >= 11 is 0. The zero-order chi connectivity index (χ0) is 27.0. The lowest BCUT2D eigenvalue weighted by Gasteiger charge is -2.28. The van der Waals surface area contributed by atoms with Gasteiger partial charge in [0.1, 0.15) is 5.75 Å². The van der Waals surface area contributed by atoms with E-state index >= 15 is 0 Å². The molecule has 2 aromatic heterocycles. The molecule has 38 heavy (non-hydrogen) atoms. The van der Waals surface area contributed by atoms with E-state index in [4.69, 9.17) is 4.98 Å². The van der Waals surface area contributed by atoms with Gasteiger partial charge in [0.2, 0.25) is 0 Å². The Hall–Kier alpha value is -4.28. The predicted molar refractivity (Wildman–Crippen MR) is 141 cm³/mol. The van der Waals surface area contributed by atoms with E-state index in [1.807, 2.05) is 45.2 Å². The Bertz CT molecular complexity index is 1490. The standard InChI is InChI=1S/C27H27F3N6O2/c1-4-35-13-12-17(2)36(26(37)32-20-8-10-23-19(14-20)16-31-34(23)3)25-24(35)11-9-22(33-25)18-6-5-7-21(15-18)38-27(28,29)30/h5-11,14-17H,4,12-13H2,1-3H3,(H,32,37)/t17-/m1/s1. The van der Waals surface area contributed by atoms with Gasteiger partial charge in [0.15, 0.2) is 5.82 Å². The Morgan fingerprint density at radius 2 is 1.97 bits per heavy atom. The highest BCUT2D eigenvalue weighted by molar-refractivity contribution is 6.04. The van der Waals surface area contributed by atoms with Crippen LogP contribution in [-0.2, 0) is 7.05 Å². The van der Waals surface area contributed by atoms with Crippen LogP contribution in [0.3, 0.4) is 0 Å². The average molecular weight is 525 g/mol. The number of urea groups is 1. The molecule has 0 aliphatic carbocycles. The van der Waals surface area contributed by atoms with Gasteiger partial charge < -0.3 is 15.0 Å². The molecule has 0 saturated carbocycles. The molecule has 0 bridgehead atoms. The van der Waals surface area contributed by atoms with Crippen molar-refractivity contribution in [2.75, 3.05) is 28.2 Å². The first-order chi connectivity index (χ1) is 18.1. The van der Waals surface area contributed by atoms with Crippen LogP contribution in [-0.4, -0.2) is 46.3 Å². The van der Waals surface area contributed by atoms with Crippen LogP contribution >= 0.6 is 0 Å². The lowest BCUT2D eigenvalue weighted by atomic mass is 10.1. The van der Waals surface area contributed by atoms with Gasteiger partial charge >= 0.3 is 12.4 Å². The second-order valence-corrected chi connectivity index (χ2v) is 9.17. The van der Waals surface area contributed by atoms with Crippen molar-refractivity contribution in [1.82, 2.24) is 14.8 Å². The summed E-state index contributed by atoms with van der Waals surface area (Å²) in [5.41, 5.74) is 3.21. The van der Waals surface area contributed by atoms with Crippen molar-refractivity contribution >= 4 is 34.1 Å². The summed E-state index contributed by atoms with van der Waals surface area (Å²) in [6.45, 7) is 5.42. The van der Waals surface area contributed by atoms with Crippen LogP contribution in [0.2, 0.25) is 0 Å². The second kappa shape index (κ2) is 9.88. The number of carbonyl (C=O) groups is 1. The van der Waals surface area contributed by atoms with Crippen LogP contribution in [0, 0.1) is 0 Å². The van der Waals surface area contributed by atoms with Crippen molar-refractivity contribution in [3.8, 4) is 17.0 Å². The molecule has 1 atom stereocenters. The lowest BCUT2D eigenvalue weighted by molar-refractivity contribution is -0.274. The molecule has 1 aliphatic heterocycles. The third-order valence-electron chi connectivity index (χ3n) is 6.64. The molecule has 0 radical (unpaired) electrons. The Balaban J connectivity index is 1.52. The minimum absolute atomic E-state index is 0.185. The molecule has 198 valence electrons. The number of hydrogen-bond acceptors (Lipinski definition) is 5. The number of anilines is 3. The van der Waals surface area contributed by atoms with Gasteiger partial charge in [-0.05, 0) is 62.7 Å². The highest BCUT2D eigenvalue weighted by atomic mass is 19.4. The van der Waals surface area contributed by atoms with Gasteiger partial charge in [-0.1, -0.05) is 12.1 Å². The number of pyridine rings is 1. The van der Waals surface area contributed by atoms with Gasteiger partial charge in [0.05, 0.1) is 23.1 Å². The van der Waals surface area contributed by atoms with E-state index in [9.17, 15) is 18.0 Å². The first kappa shape index (κ1) is 25.4. The van der Waals surface area contributed by atoms with Crippen molar-refractivity contribution in [2.24, 2.45) is 7.05 Å². The SMILES string of the molecule is CCN1CC[C@@H](C)N(C(=O)Nc2ccc3c(cnn3C)c2)c2nc(-c3cccc(OC(F)(F)F)c3)ccc21. The molecule has 0 unspecified atom stereocenters. The lowest BCUT2D eigenvalue weighted by Crippen LogP contribution is -2.42. The Labute approximate surface area is 217 Å². The number of rotatable bonds is 4. The molecule has 1 aliphatic rings. The number of nitrogens with one attached hydrogen (secondary N) is 1. The van der Waals surface area contributed by atoms with Crippen molar-refractivity contribution < 1.29 is 22.7 Å². The second-order valence-electron chi connectivity index (χ2n) is 9.17. The minimum atomic E-state index is -4.80. The van der Waals surface area contributed by atoms with E-state index in [2.05, 4.69) is 20.1 Å². The van der Waals surface area contributed by atoms with Crippen LogP contribution in [0.4, 0.5) is 35.2 Å². The van der Waals surface area contributed by atoms with Crippen LogP contribution in [0.25, 0.3) is 22.2 Å². The predicted octanol–water partition coefficient (Wildman–Crippen LogP) is 6.19. The van der Waals surface area contributed by atoms with Crippen molar-refractivity contribution in [3.05, 3.63) is 60.8 Å². The number of nitrogens with zero attached hydrogens (tertiary/aromatic N) is 5. The summed E-state index contributed by atoms with van der Waals surface area (Å²) in [5.74, 6) is 0.104. The van der Waals surface area contributed by atoms with Crippen molar-refractivity contribution in [1.29, 1.82) is 0 Å². The highest BCUT2D eigenvalue weighted by Gasteiger charge is 2.32. The average Bonchev–Trinajstić information content (AvgIpc) is 3.16.